The van der Waals surface area contributed by atoms with Crippen molar-refractivity contribution in [2.45, 2.75) is 51.7 Å². The van der Waals surface area contributed by atoms with Crippen LogP contribution >= 0.6 is 12.2 Å². The lowest BCUT2D eigenvalue weighted by Gasteiger charge is -2.28. The summed E-state index contributed by atoms with van der Waals surface area (Å²) in [5.74, 6) is 0.773. The molecule has 2 unspecified atom stereocenters. The van der Waals surface area contributed by atoms with Crippen molar-refractivity contribution in [2.75, 3.05) is 7.11 Å². The maximum absolute atomic E-state index is 5.71. The lowest BCUT2D eigenvalue weighted by atomic mass is 10.1. The molecule has 20 heavy (non-hydrogen) atoms. The van der Waals surface area contributed by atoms with Crippen molar-refractivity contribution in [3.8, 4) is 5.75 Å². The second-order valence-corrected chi connectivity index (χ2v) is 6.00. The summed E-state index contributed by atoms with van der Waals surface area (Å²) in [5.41, 5.74) is 7.78. The lowest BCUT2D eigenvalue weighted by Crippen LogP contribution is -2.33. The van der Waals surface area contributed by atoms with Crippen LogP contribution in [0.3, 0.4) is 0 Å². The molecule has 2 atom stereocenters. The smallest absolute Gasteiger partial charge is 0.129 e. The van der Waals surface area contributed by atoms with Crippen LogP contribution in [0.5, 0.6) is 5.75 Å². The minimum Gasteiger partial charge on any atom is -0.496 e. The number of benzene rings is 1. The van der Waals surface area contributed by atoms with Crippen molar-refractivity contribution in [1.82, 2.24) is 4.90 Å². The molecule has 1 fully saturated rings. The zero-order valence-corrected chi connectivity index (χ0v) is 13.4. The molecule has 1 aromatic rings. The molecule has 110 valence electrons. The highest BCUT2D eigenvalue weighted by Gasteiger charge is 2.29. The molecule has 0 bridgehead atoms. The predicted molar refractivity (Wildman–Crippen MR) is 87.2 cm³/mol. The van der Waals surface area contributed by atoms with E-state index in [0.717, 1.165) is 17.9 Å². The van der Waals surface area contributed by atoms with Crippen LogP contribution in [-0.4, -0.2) is 29.1 Å². The zero-order valence-electron chi connectivity index (χ0n) is 12.6. The first kappa shape index (κ1) is 15.3. The van der Waals surface area contributed by atoms with Crippen LogP contribution in [-0.2, 0) is 6.54 Å². The second-order valence-electron chi connectivity index (χ2n) is 5.56. The van der Waals surface area contributed by atoms with Gasteiger partial charge in [-0.15, -0.1) is 0 Å². The normalized spacial score (nSPS) is 22.9. The molecule has 0 aromatic heterocycles. The molecule has 1 heterocycles. The number of nitrogens with zero attached hydrogens (tertiary/aromatic N) is 1. The van der Waals surface area contributed by atoms with Crippen LogP contribution in [0.4, 0.5) is 0 Å². The number of ether oxygens (including phenoxy) is 1. The van der Waals surface area contributed by atoms with Gasteiger partial charge in [0.1, 0.15) is 10.7 Å². The number of likely N-dealkylation sites (tertiary alicyclic amines) is 1. The average Bonchev–Trinajstić information content (AvgIpc) is 2.79. The Morgan fingerprint density at radius 1 is 1.45 bits per heavy atom. The summed E-state index contributed by atoms with van der Waals surface area (Å²) in [6.45, 7) is 5.55. The molecule has 2 rings (SSSR count). The predicted octanol–water partition coefficient (Wildman–Crippen LogP) is 3.09. The molecule has 1 saturated heterocycles. The topological polar surface area (TPSA) is 38.5 Å². The standard InChI is InChI=1S/C16H24N2OS/c1-4-13-7-5-11(2)18(13)10-12-6-8-14(16(17)20)15(9-12)19-3/h6,8-9,11,13H,4-5,7,10H2,1-3H3,(H2,17,20). The Hall–Kier alpha value is -1.13. The van der Waals surface area contributed by atoms with Crippen LogP contribution in [0, 0.1) is 0 Å². The molecule has 0 spiro atoms. The average molecular weight is 292 g/mol. The summed E-state index contributed by atoms with van der Waals surface area (Å²) in [6.07, 6.45) is 3.81. The van der Waals surface area contributed by atoms with Crippen LogP contribution in [0.25, 0.3) is 0 Å². The van der Waals surface area contributed by atoms with E-state index in [9.17, 15) is 0 Å². The number of methoxy groups -OCH3 is 1. The van der Waals surface area contributed by atoms with Crippen molar-refractivity contribution in [2.24, 2.45) is 5.73 Å². The third-order valence-electron chi connectivity index (χ3n) is 4.32. The fourth-order valence-corrected chi connectivity index (χ4v) is 3.27. The van der Waals surface area contributed by atoms with Gasteiger partial charge in [-0.05, 0) is 43.9 Å². The molecule has 0 aliphatic carbocycles. The van der Waals surface area contributed by atoms with Gasteiger partial charge in [-0.25, -0.2) is 0 Å². The van der Waals surface area contributed by atoms with Gasteiger partial charge >= 0.3 is 0 Å². The minimum absolute atomic E-state index is 0.384. The van der Waals surface area contributed by atoms with Crippen LogP contribution in [0.1, 0.15) is 44.2 Å². The van der Waals surface area contributed by atoms with E-state index in [1.165, 1.54) is 24.8 Å². The fourth-order valence-electron chi connectivity index (χ4n) is 3.10. The highest BCUT2D eigenvalue weighted by molar-refractivity contribution is 7.80. The van der Waals surface area contributed by atoms with E-state index < -0.39 is 0 Å². The van der Waals surface area contributed by atoms with Gasteiger partial charge in [-0.2, -0.15) is 0 Å². The van der Waals surface area contributed by atoms with Gasteiger partial charge in [0.15, 0.2) is 0 Å². The maximum Gasteiger partial charge on any atom is 0.129 e. The molecule has 1 aromatic carbocycles. The van der Waals surface area contributed by atoms with Crippen LogP contribution in [0.15, 0.2) is 18.2 Å². The molecular formula is C16H24N2OS. The van der Waals surface area contributed by atoms with Crippen LogP contribution in [0.2, 0.25) is 0 Å². The summed E-state index contributed by atoms with van der Waals surface area (Å²) in [6, 6.07) is 7.49. The molecule has 0 saturated carbocycles. The molecule has 0 amide bonds. The first-order chi connectivity index (χ1) is 9.56. The van der Waals surface area contributed by atoms with Crippen molar-refractivity contribution < 1.29 is 4.74 Å². The Kier molecular flexibility index (Phi) is 5.00. The Morgan fingerprint density at radius 2 is 2.20 bits per heavy atom. The van der Waals surface area contributed by atoms with E-state index in [-0.39, 0.29) is 0 Å². The third kappa shape index (κ3) is 3.13. The summed E-state index contributed by atoms with van der Waals surface area (Å²) in [4.78, 5) is 2.98. The largest absolute Gasteiger partial charge is 0.496 e. The van der Waals surface area contributed by atoms with Crippen LogP contribution < -0.4 is 10.5 Å². The molecule has 3 nitrogen and oxygen atoms in total. The van der Waals surface area contributed by atoms with E-state index in [2.05, 4.69) is 30.9 Å². The van der Waals surface area contributed by atoms with E-state index in [1.807, 2.05) is 6.07 Å². The minimum atomic E-state index is 0.384. The fraction of sp³-hybridized carbons (Fsp3) is 0.562. The Morgan fingerprint density at radius 3 is 2.80 bits per heavy atom. The zero-order chi connectivity index (χ0) is 14.7. The monoisotopic (exact) mass is 292 g/mol. The lowest BCUT2D eigenvalue weighted by molar-refractivity contribution is 0.189. The number of nitrogens with two attached hydrogens (primary N) is 1. The molecule has 2 N–H and O–H groups in total. The molecule has 4 heteroatoms. The van der Waals surface area contributed by atoms with E-state index in [0.29, 0.717) is 17.1 Å². The first-order valence-electron chi connectivity index (χ1n) is 7.29. The highest BCUT2D eigenvalue weighted by Crippen LogP contribution is 2.29. The van der Waals surface area contributed by atoms with E-state index >= 15 is 0 Å². The van der Waals surface area contributed by atoms with Gasteiger partial charge in [0, 0.05) is 18.6 Å². The Labute approximate surface area is 127 Å². The first-order valence-corrected chi connectivity index (χ1v) is 7.70. The summed E-state index contributed by atoms with van der Waals surface area (Å²) >= 11 is 5.05. The van der Waals surface area contributed by atoms with E-state index in [4.69, 9.17) is 22.7 Å². The summed E-state index contributed by atoms with van der Waals surface area (Å²) < 4.78 is 5.41. The summed E-state index contributed by atoms with van der Waals surface area (Å²) in [7, 11) is 1.66. The number of thiocarbonyl (C=S) groups is 1. The van der Waals surface area contributed by atoms with Gasteiger partial charge in [-0.1, -0.05) is 25.2 Å². The summed E-state index contributed by atoms with van der Waals surface area (Å²) in [5, 5.41) is 0. The van der Waals surface area contributed by atoms with Gasteiger partial charge < -0.3 is 10.5 Å². The maximum atomic E-state index is 5.71. The van der Waals surface area contributed by atoms with Crippen molar-refractivity contribution in [3.05, 3.63) is 29.3 Å². The molecule has 1 aliphatic heterocycles. The molecule has 1 aliphatic rings. The van der Waals surface area contributed by atoms with Crippen molar-refractivity contribution in [3.63, 3.8) is 0 Å². The number of hydrogen-bond donors (Lipinski definition) is 1. The van der Waals surface area contributed by atoms with Gasteiger partial charge in [-0.3, -0.25) is 4.90 Å². The Bertz CT molecular complexity index is 489. The van der Waals surface area contributed by atoms with Crippen molar-refractivity contribution in [1.29, 1.82) is 0 Å². The SMILES string of the molecule is CCC1CCC(C)N1Cc1ccc(C(N)=S)c(OC)c1. The van der Waals surface area contributed by atoms with Gasteiger partial charge in [0.05, 0.1) is 12.7 Å². The second kappa shape index (κ2) is 6.55. The molecule has 0 radical (unpaired) electrons. The third-order valence-corrected chi connectivity index (χ3v) is 4.54. The molecular weight excluding hydrogens is 268 g/mol. The van der Waals surface area contributed by atoms with Crippen molar-refractivity contribution >= 4 is 17.2 Å². The van der Waals surface area contributed by atoms with Gasteiger partial charge in [0.2, 0.25) is 0 Å². The highest BCUT2D eigenvalue weighted by atomic mass is 32.1. The van der Waals surface area contributed by atoms with E-state index in [1.54, 1.807) is 7.11 Å². The number of rotatable bonds is 5. The van der Waals surface area contributed by atoms with Gasteiger partial charge in [0.25, 0.3) is 0 Å². The Balaban J connectivity index is 2.19. The quantitative estimate of drug-likeness (QED) is 0.846. The number of hydrogen-bond acceptors (Lipinski definition) is 3.